The van der Waals surface area contributed by atoms with E-state index in [1.807, 2.05) is 24.3 Å². The molecule has 1 atom stereocenters. The summed E-state index contributed by atoms with van der Waals surface area (Å²) >= 11 is 5.86. The Kier molecular flexibility index (Phi) is 6.01. The summed E-state index contributed by atoms with van der Waals surface area (Å²) in [6.45, 7) is 2.47. The van der Waals surface area contributed by atoms with Crippen LogP contribution < -0.4 is 10.6 Å². The van der Waals surface area contributed by atoms with Gasteiger partial charge in [0.05, 0.1) is 6.54 Å². The maximum atomic E-state index is 11.2. The van der Waals surface area contributed by atoms with Gasteiger partial charge >= 0.3 is 0 Å². The lowest BCUT2D eigenvalue weighted by Crippen LogP contribution is -2.33. The Bertz CT molecular complexity index is 351. The number of hydrogen-bond acceptors (Lipinski definition) is 2. The predicted molar refractivity (Wildman–Crippen MR) is 71.2 cm³/mol. The van der Waals surface area contributed by atoms with E-state index in [1.165, 1.54) is 5.56 Å². The molecular weight excluding hydrogens is 236 g/mol. The molecule has 3 nitrogen and oxygen atoms in total. The lowest BCUT2D eigenvalue weighted by molar-refractivity contribution is -0.119. The molecule has 0 aromatic heterocycles. The van der Waals surface area contributed by atoms with Gasteiger partial charge in [0.1, 0.15) is 0 Å². The van der Waals surface area contributed by atoms with Gasteiger partial charge in [-0.2, -0.15) is 0 Å². The molecule has 0 bridgehead atoms. The SMILES string of the molecule is CCCC(NCC(=O)NC)c1ccc(Cl)cc1. The van der Waals surface area contributed by atoms with Gasteiger partial charge in [0.25, 0.3) is 0 Å². The Hall–Kier alpha value is -1.06. The molecule has 0 aliphatic rings. The summed E-state index contributed by atoms with van der Waals surface area (Å²) in [5, 5.41) is 6.58. The molecule has 0 fully saturated rings. The monoisotopic (exact) mass is 254 g/mol. The van der Waals surface area contributed by atoms with Crippen LogP contribution >= 0.6 is 11.6 Å². The van der Waals surface area contributed by atoms with Crippen molar-refractivity contribution in [1.82, 2.24) is 10.6 Å². The number of carbonyl (C=O) groups is 1. The van der Waals surface area contributed by atoms with E-state index in [2.05, 4.69) is 17.6 Å². The second-order valence-corrected chi connectivity index (χ2v) is 4.38. The Morgan fingerprint density at radius 1 is 1.35 bits per heavy atom. The molecule has 0 saturated heterocycles. The number of hydrogen-bond donors (Lipinski definition) is 2. The van der Waals surface area contributed by atoms with Crippen molar-refractivity contribution in [1.29, 1.82) is 0 Å². The fourth-order valence-electron chi connectivity index (χ4n) is 1.67. The summed E-state index contributed by atoms with van der Waals surface area (Å²) in [7, 11) is 1.64. The van der Waals surface area contributed by atoms with Gasteiger partial charge in [-0.3, -0.25) is 4.79 Å². The maximum absolute atomic E-state index is 11.2. The molecule has 17 heavy (non-hydrogen) atoms. The number of carbonyl (C=O) groups excluding carboxylic acids is 1. The van der Waals surface area contributed by atoms with E-state index >= 15 is 0 Å². The Labute approximate surface area is 108 Å². The summed E-state index contributed by atoms with van der Waals surface area (Å²) in [4.78, 5) is 11.2. The first-order valence-electron chi connectivity index (χ1n) is 5.86. The lowest BCUT2D eigenvalue weighted by atomic mass is 10.0. The second kappa shape index (κ2) is 7.30. The zero-order chi connectivity index (χ0) is 12.7. The van der Waals surface area contributed by atoms with Crippen molar-refractivity contribution in [2.75, 3.05) is 13.6 Å². The smallest absolute Gasteiger partial charge is 0.233 e. The molecule has 4 heteroatoms. The molecule has 0 aliphatic carbocycles. The van der Waals surface area contributed by atoms with Crippen LogP contribution in [0.5, 0.6) is 0 Å². The van der Waals surface area contributed by atoms with Gasteiger partial charge in [-0.15, -0.1) is 0 Å². The standard InChI is InChI=1S/C13H19ClN2O/c1-3-4-12(16-9-13(17)15-2)10-5-7-11(14)8-6-10/h5-8,12,16H,3-4,9H2,1-2H3,(H,15,17). The largest absolute Gasteiger partial charge is 0.358 e. The van der Waals surface area contributed by atoms with Crippen LogP contribution in [0.1, 0.15) is 31.4 Å². The Morgan fingerprint density at radius 3 is 2.53 bits per heavy atom. The zero-order valence-corrected chi connectivity index (χ0v) is 11.1. The summed E-state index contributed by atoms with van der Waals surface area (Å²) in [6.07, 6.45) is 2.06. The van der Waals surface area contributed by atoms with Crippen molar-refractivity contribution in [3.05, 3.63) is 34.9 Å². The van der Waals surface area contributed by atoms with E-state index in [-0.39, 0.29) is 11.9 Å². The molecule has 94 valence electrons. The van der Waals surface area contributed by atoms with Gasteiger partial charge in [-0.1, -0.05) is 37.1 Å². The first kappa shape index (κ1) is 14.0. The number of likely N-dealkylation sites (N-methyl/N-ethyl adjacent to an activating group) is 1. The fraction of sp³-hybridized carbons (Fsp3) is 0.462. The highest BCUT2D eigenvalue weighted by atomic mass is 35.5. The normalized spacial score (nSPS) is 12.2. The van der Waals surface area contributed by atoms with Crippen molar-refractivity contribution in [3.63, 3.8) is 0 Å². The van der Waals surface area contributed by atoms with E-state index in [1.54, 1.807) is 7.05 Å². The van der Waals surface area contributed by atoms with Crippen LogP contribution in [0.4, 0.5) is 0 Å². The quantitative estimate of drug-likeness (QED) is 0.819. The topological polar surface area (TPSA) is 41.1 Å². The average Bonchev–Trinajstić information content (AvgIpc) is 2.35. The maximum Gasteiger partial charge on any atom is 0.233 e. The first-order chi connectivity index (χ1) is 8.17. The molecule has 0 spiro atoms. The molecule has 1 aromatic rings. The van der Waals surface area contributed by atoms with Crippen molar-refractivity contribution in [3.8, 4) is 0 Å². The minimum atomic E-state index is 0.0000617. The lowest BCUT2D eigenvalue weighted by Gasteiger charge is -2.18. The van der Waals surface area contributed by atoms with E-state index in [0.717, 1.165) is 17.9 Å². The molecule has 1 amide bonds. The summed E-state index contributed by atoms with van der Waals surface area (Å²) in [5.41, 5.74) is 1.17. The van der Waals surface area contributed by atoms with Gasteiger partial charge in [0.2, 0.25) is 5.91 Å². The van der Waals surface area contributed by atoms with Crippen molar-refractivity contribution < 1.29 is 4.79 Å². The van der Waals surface area contributed by atoms with E-state index < -0.39 is 0 Å². The van der Waals surface area contributed by atoms with Crippen LogP contribution in [0, 0.1) is 0 Å². The first-order valence-corrected chi connectivity index (χ1v) is 6.24. The molecule has 1 unspecified atom stereocenters. The highest BCUT2D eigenvalue weighted by Gasteiger charge is 2.11. The van der Waals surface area contributed by atoms with E-state index in [4.69, 9.17) is 11.6 Å². The van der Waals surface area contributed by atoms with Gasteiger partial charge in [-0.25, -0.2) is 0 Å². The number of nitrogens with one attached hydrogen (secondary N) is 2. The van der Waals surface area contributed by atoms with Crippen LogP contribution in [0.25, 0.3) is 0 Å². The van der Waals surface area contributed by atoms with Crippen molar-refractivity contribution in [2.45, 2.75) is 25.8 Å². The zero-order valence-electron chi connectivity index (χ0n) is 10.3. The fourth-order valence-corrected chi connectivity index (χ4v) is 1.80. The number of halogens is 1. The summed E-state index contributed by atoms with van der Waals surface area (Å²) < 4.78 is 0. The Morgan fingerprint density at radius 2 is 2.00 bits per heavy atom. The average molecular weight is 255 g/mol. The van der Waals surface area contributed by atoms with Crippen LogP contribution in [-0.4, -0.2) is 19.5 Å². The number of benzene rings is 1. The van der Waals surface area contributed by atoms with Crippen LogP contribution in [-0.2, 0) is 4.79 Å². The molecule has 0 radical (unpaired) electrons. The van der Waals surface area contributed by atoms with Gasteiger partial charge in [0.15, 0.2) is 0 Å². The summed E-state index contributed by atoms with van der Waals surface area (Å²) in [5.74, 6) is 0.0000617. The third-order valence-electron chi connectivity index (χ3n) is 2.64. The van der Waals surface area contributed by atoms with Crippen molar-refractivity contribution >= 4 is 17.5 Å². The molecule has 1 rings (SSSR count). The number of amides is 1. The number of rotatable bonds is 6. The predicted octanol–water partition coefficient (Wildman–Crippen LogP) is 2.52. The molecule has 0 saturated carbocycles. The van der Waals surface area contributed by atoms with Crippen LogP contribution in [0.3, 0.4) is 0 Å². The van der Waals surface area contributed by atoms with Crippen LogP contribution in [0.2, 0.25) is 5.02 Å². The minimum absolute atomic E-state index is 0.0000617. The van der Waals surface area contributed by atoms with E-state index in [9.17, 15) is 4.79 Å². The molecule has 0 aliphatic heterocycles. The second-order valence-electron chi connectivity index (χ2n) is 3.95. The van der Waals surface area contributed by atoms with Gasteiger partial charge in [0, 0.05) is 18.1 Å². The summed E-state index contributed by atoms with van der Waals surface area (Å²) in [6, 6.07) is 7.95. The molecule has 1 aromatic carbocycles. The third-order valence-corrected chi connectivity index (χ3v) is 2.89. The Balaban J connectivity index is 2.64. The third kappa shape index (κ3) is 4.75. The molecular formula is C13H19ClN2O. The minimum Gasteiger partial charge on any atom is -0.358 e. The van der Waals surface area contributed by atoms with E-state index in [0.29, 0.717) is 6.54 Å². The van der Waals surface area contributed by atoms with Crippen LogP contribution in [0.15, 0.2) is 24.3 Å². The van der Waals surface area contributed by atoms with Crippen molar-refractivity contribution in [2.24, 2.45) is 0 Å². The van der Waals surface area contributed by atoms with Gasteiger partial charge < -0.3 is 10.6 Å². The highest BCUT2D eigenvalue weighted by Crippen LogP contribution is 2.20. The molecule has 2 N–H and O–H groups in total. The highest BCUT2D eigenvalue weighted by molar-refractivity contribution is 6.30. The van der Waals surface area contributed by atoms with Gasteiger partial charge in [-0.05, 0) is 24.1 Å². The molecule has 0 heterocycles.